The SMILES string of the molecule is CC(C)CC(=O)N1CCC(NC(=O)Cc2cccc(F)c2)CC1. The number of piperidine rings is 1. The highest BCUT2D eigenvalue weighted by Gasteiger charge is 2.24. The predicted molar refractivity (Wildman–Crippen MR) is 87.3 cm³/mol. The lowest BCUT2D eigenvalue weighted by molar-refractivity contribution is -0.133. The standard InChI is InChI=1S/C18H25FN2O2/c1-13(2)10-18(23)21-8-6-16(7-9-21)20-17(22)12-14-4-3-5-15(19)11-14/h3-5,11,13,16H,6-10,12H2,1-2H3,(H,20,22). The smallest absolute Gasteiger partial charge is 0.224 e. The lowest BCUT2D eigenvalue weighted by atomic mass is 10.0. The van der Waals surface area contributed by atoms with Crippen LogP contribution in [0.4, 0.5) is 4.39 Å². The Morgan fingerprint density at radius 2 is 2.00 bits per heavy atom. The van der Waals surface area contributed by atoms with Crippen LogP contribution in [-0.2, 0) is 16.0 Å². The molecule has 0 bridgehead atoms. The molecule has 5 heteroatoms. The third-order valence-electron chi connectivity index (χ3n) is 4.05. The van der Waals surface area contributed by atoms with Gasteiger partial charge in [-0.2, -0.15) is 0 Å². The largest absolute Gasteiger partial charge is 0.353 e. The van der Waals surface area contributed by atoms with Crippen LogP contribution in [0.2, 0.25) is 0 Å². The molecule has 126 valence electrons. The number of rotatable bonds is 5. The zero-order chi connectivity index (χ0) is 16.8. The van der Waals surface area contributed by atoms with Crippen LogP contribution in [0.3, 0.4) is 0 Å². The fourth-order valence-electron chi connectivity index (χ4n) is 2.86. The van der Waals surface area contributed by atoms with E-state index in [2.05, 4.69) is 5.32 Å². The van der Waals surface area contributed by atoms with Crippen molar-refractivity contribution in [2.24, 2.45) is 5.92 Å². The van der Waals surface area contributed by atoms with E-state index in [0.29, 0.717) is 31.0 Å². The van der Waals surface area contributed by atoms with E-state index in [-0.39, 0.29) is 30.1 Å². The molecule has 1 aliphatic heterocycles. The molecule has 0 saturated carbocycles. The normalized spacial score (nSPS) is 15.7. The van der Waals surface area contributed by atoms with E-state index in [9.17, 15) is 14.0 Å². The monoisotopic (exact) mass is 320 g/mol. The van der Waals surface area contributed by atoms with Gasteiger partial charge in [0.25, 0.3) is 0 Å². The molecule has 0 unspecified atom stereocenters. The molecule has 2 rings (SSSR count). The van der Waals surface area contributed by atoms with Crippen LogP contribution >= 0.6 is 0 Å². The maximum absolute atomic E-state index is 13.1. The third kappa shape index (κ3) is 5.66. The maximum Gasteiger partial charge on any atom is 0.224 e. The van der Waals surface area contributed by atoms with Crippen molar-refractivity contribution >= 4 is 11.8 Å². The second-order valence-electron chi connectivity index (χ2n) is 6.63. The molecule has 1 fully saturated rings. The Morgan fingerprint density at radius 1 is 1.30 bits per heavy atom. The van der Waals surface area contributed by atoms with E-state index in [4.69, 9.17) is 0 Å². The Hall–Kier alpha value is -1.91. The third-order valence-corrected chi connectivity index (χ3v) is 4.05. The van der Waals surface area contributed by atoms with Crippen molar-refractivity contribution in [2.75, 3.05) is 13.1 Å². The molecule has 2 amide bonds. The highest BCUT2D eigenvalue weighted by Crippen LogP contribution is 2.14. The van der Waals surface area contributed by atoms with Gasteiger partial charge in [0.15, 0.2) is 0 Å². The van der Waals surface area contributed by atoms with E-state index < -0.39 is 0 Å². The van der Waals surface area contributed by atoms with Crippen LogP contribution in [0, 0.1) is 11.7 Å². The van der Waals surface area contributed by atoms with Crippen LogP contribution < -0.4 is 5.32 Å². The van der Waals surface area contributed by atoms with Crippen molar-refractivity contribution in [3.05, 3.63) is 35.6 Å². The minimum Gasteiger partial charge on any atom is -0.353 e. The number of carbonyl (C=O) groups excluding carboxylic acids is 2. The summed E-state index contributed by atoms with van der Waals surface area (Å²) in [4.78, 5) is 25.9. The summed E-state index contributed by atoms with van der Waals surface area (Å²) in [6.45, 7) is 5.46. The first-order chi connectivity index (χ1) is 10.9. The quantitative estimate of drug-likeness (QED) is 0.906. The van der Waals surface area contributed by atoms with E-state index in [1.165, 1.54) is 12.1 Å². The van der Waals surface area contributed by atoms with Gasteiger partial charge in [0.2, 0.25) is 11.8 Å². The molecular formula is C18H25FN2O2. The predicted octanol–water partition coefficient (Wildman–Crippen LogP) is 2.52. The molecule has 0 aromatic heterocycles. The van der Waals surface area contributed by atoms with Gasteiger partial charge in [-0.25, -0.2) is 4.39 Å². The number of nitrogens with one attached hydrogen (secondary N) is 1. The minimum absolute atomic E-state index is 0.0949. The number of likely N-dealkylation sites (tertiary alicyclic amines) is 1. The summed E-state index contributed by atoms with van der Waals surface area (Å²) >= 11 is 0. The van der Waals surface area contributed by atoms with E-state index in [1.54, 1.807) is 12.1 Å². The van der Waals surface area contributed by atoms with Crippen LogP contribution in [0.1, 0.15) is 38.7 Å². The van der Waals surface area contributed by atoms with E-state index >= 15 is 0 Å². The lowest BCUT2D eigenvalue weighted by Crippen LogP contribution is -2.47. The fourth-order valence-corrected chi connectivity index (χ4v) is 2.86. The van der Waals surface area contributed by atoms with E-state index in [0.717, 1.165) is 12.8 Å². The Morgan fingerprint density at radius 3 is 2.61 bits per heavy atom. The van der Waals surface area contributed by atoms with Gasteiger partial charge >= 0.3 is 0 Å². The maximum atomic E-state index is 13.1. The first-order valence-electron chi connectivity index (χ1n) is 8.25. The molecule has 1 heterocycles. The van der Waals surface area contributed by atoms with Crippen LogP contribution in [0.15, 0.2) is 24.3 Å². The summed E-state index contributed by atoms with van der Waals surface area (Å²) in [6.07, 6.45) is 2.32. The number of halogens is 1. The first kappa shape index (κ1) is 17.4. The summed E-state index contributed by atoms with van der Waals surface area (Å²) in [5, 5.41) is 2.99. The van der Waals surface area contributed by atoms with Crippen LogP contribution in [-0.4, -0.2) is 35.8 Å². The van der Waals surface area contributed by atoms with Gasteiger partial charge < -0.3 is 10.2 Å². The number of amides is 2. The molecule has 0 spiro atoms. The summed E-state index contributed by atoms with van der Waals surface area (Å²) in [5.41, 5.74) is 0.673. The minimum atomic E-state index is -0.327. The summed E-state index contributed by atoms with van der Waals surface area (Å²) in [5.74, 6) is 0.144. The molecule has 1 saturated heterocycles. The number of hydrogen-bond donors (Lipinski definition) is 1. The first-order valence-corrected chi connectivity index (χ1v) is 8.25. The number of hydrogen-bond acceptors (Lipinski definition) is 2. The molecule has 1 aliphatic rings. The molecule has 1 aromatic carbocycles. The highest BCUT2D eigenvalue weighted by atomic mass is 19.1. The molecule has 23 heavy (non-hydrogen) atoms. The van der Waals surface area contributed by atoms with Gasteiger partial charge in [0, 0.05) is 25.6 Å². The summed E-state index contributed by atoms with van der Waals surface area (Å²) in [7, 11) is 0. The Labute approximate surface area is 137 Å². The van der Waals surface area contributed by atoms with Crippen molar-refractivity contribution < 1.29 is 14.0 Å². The van der Waals surface area contributed by atoms with Crippen molar-refractivity contribution in [1.82, 2.24) is 10.2 Å². The molecule has 1 N–H and O–H groups in total. The zero-order valence-corrected chi connectivity index (χ0v) is 13.8. The Balaban J connectivity index is 1.75. The van der Waals surface area contributed by atoms with Gasteiger partial charge in [-0.3, -0.25) is 9.59 Å². The molecule has 0 atom stereocenters. The second kappa shape index (κ2) is 8.09. The number of benzene rings is 1. The average molecular weight is 320 g/mol. The van der Waals surface area contributed by atoms with Crippen LogP contribution in [0.5, 0.6) is 0 Å². The number of nitrogens with zero attached hydrogens (tertiary/aromatic N) is 1. The lowest BCUT2D eigenvalue weighted by Gasteiger charge is -2.33. The van der Waals surface area contributed by atoms with Crippen molar-refractivity contribution in [3.8, 4) is 0 Å². The fraction of sp³-hybridized carbons (Fsp3) is 0.556. The van der Waals surface area contributed by atoms with Gasteiger partial charge in [-0.05, 0) is 36.5 Å². The molecule has 4 nitrogen and oxygen atoms in total. The zero-order valence-electron chi connectivity index (χ0n) is 13.8. The highest BCUT2D eigenvalue weighted by molar-refractivity contribution is 5.79. The summed E-state index contributed by atoms with van der Waals surface area (Å²) in [6, 6.07) is 6.20. The van der Waals surface area contributed by atoms with E-state index in [1.807, 2.05) is 18.7 Å². The second-order valence-corrected chi connectivity index (χ2v) is 6.63. The van der Waals surface area contributed by atoms with Gasteiger partial charge in [0.1, 0.15) is 5.82 Å². The topological polar surface area (TPSA) is 49.4 Å². The van der Waals surface area contributed by atoms with Crippen LogP contribution in [0.25, 0.3) is 0 Å². The van der Waals surface area contributed by atoms with Crippen molar-refractivity contribution in [3.63, 3.8) is 0 Å². The Bertz CT molecular complexity index is 552. The van der Waals surface area contributed by atoms with Gasteiger partial charge in [-0.15, -0.1) is 0 Å². The summed E-state index contributed by atoms with van der Waals surface area (Å²) < 4.78 is 13.1. The van der Waals surface area contributed by atoms with Gasteiger partial charge in [-0.1, -0.05) is 26.0 Å². The van der Waals surface area contributed by atoms with Crippen molar-refractivity contribution in [2.45, 2.75) is 45.6 Å². The Kier molecular flexibility index (Phi) is 6.13. The molecule has 1 aromatic rings. The van der Waals surface area contributed by atoms with Gasteiger partial charge in [0.05, 0.1) is 6.42 Å². The number of carbonyl (C=O) groups is 2. The molecule has 0 aliphatic carbocycles. The average Bonchev–Trinajstić information content (AvgIpc) is 2.47. The molecule has 0 radical (unpaired) electrons. The van der Waals surface area contributed by atoms with Crippen molar-refractivity contribution in [1.29, 1.82) is 0 Å². The molecular weight excluding hydrogens is 295 g/mol.